The van der Waals surface area contributed by atoms with Crippen molar-refractivity contribution >= 4 is 5.97 Å². The van der Waals surface area contributed by atoms with Crippen molar-refractivity contribution in [2.45, 2.75) is 0 Å². The predicted octanol–water partition coefficient (Wildman–Crippen LogP) is 1.18. The van der Waals surface area contributed by atoms with E-state index in [1.54, 1.807) is 18.3 Å². The van der Waals surface area contributed by atoms with Crippen LogP contribution in [0, 0.1) is 0 Å². The van der Waals surface area contributed by atoms with E-state index in [1.165, 1.54) is 13.3 Å². The number of ether oxygens (including phenoxy) is 1. The first-order valence-electron chi connectivity index (χ1n) is 4.50. The molecule has 0 bridgehead atoms. The molecule has 2 N–H and O–H groups in total. The van der Waals surface area contributed by atoms with Gasteiger partial charge in [-0.1, -0.05) is 0 Å². The largest absolute Gasteiger partial charge is 0.494 e. The van der Waals surface area contributed by atoms with Crippen molar-refractivity contribution in [3.05, 3.63) is 30.1 Å². The molecule has 0 aromatic carbocycles. The molecule has 2 heterocycles. The molecule has 2 rings (SSSR count). The molecule has 0 atom stereocenters. The fourth-order valence-corrected chi connectivity index (χ4v) is 1.37. The summed E-state index contributed by atoms with van der Waals surface area (Å²) in [4.78, 5) is 15.0. The number of carboxylic acids is 1. The lowest BCUT2D eigenvalue weighted by atomic mass is 10.1. The standard InChI is InChI=1S/C10H9N3O3/c1-16-7-3-2-4-11-9(7)8-6(10(14)15)5-12-13-8/h2-5H,1H3,(H,12,13)(H,14,15). The zero-order chi connectivity index (χ0) is 11.5. The zero-order valence-electron chi connectivity index (χ0n) is 8.47. The van der Waals surface area contributed by atoms with Crippen LogP contribution in [0.2, 0.25) is 0 Å². The van der Waals surface area contributed by atoms with E-state index in [2.05, 4.69) is 15.2 Å². The number of rotatable bonds is 3. The van der Waals surface area contributed by atoms with Gasteiger partial charge >= 0.3 is 5.97 Å². The lowest BCUT2D eigenvalue weighted by Gasteiger charge is -2.05. The first kappa shape index (κ1) is 10.2. The monoisotopic (exact) mass is 219 g/mol. The van der Waals surface area contributed by atoms with Crippen molar-refractivity contribution in [2.24, 2.45) is 0 Å². The number of aromatic nitrogens is 3. The summed E-state index contributed by atoms with van der Waals surface area (Å²) in [5.74, 6) is -0.564. The lowest BCUT2D eigenvalue weighted by Crippen LogP contribution is -1.99. The van der Waals surface area contributed by atoms with Gasteiger partial charge in [0.15, 0.2) is 0 Å². The molecule has 0 aliphatic rings. The van der Waals surface area contributed by atoms with Crippen LogP contribution in [0.25, 0.3) is 11.4 Å². The summed E-state index contributed by atoms with van der Waals surface area (Å²) < 4.78 is 5.10. The average molecular weight is 219 g/mol. The van der Waals surface area contributed by atoms with E-state index in [-0.39, 0.29) is 5.56 Å². The third-order valence-corrected chi connectivity index (χ3v) is 2.10. The molecule has 0 saturated heterocycles. The maximum atomic E-state index is 10.9. The molecule has 0 radical (unpaired) electrons. The number of nitrogens with zero attached hydrogens (tertiary/aromatic N) is 2. The fraction of sp³-hybridized carbons (Fsp3) is 0.100. The number of carbonyl (C=O) groups is 1. The molecular formula is C10H9N3O3. The van der Waals surface area contributed by atoms with Gasteiger partial charge < -0.3 is 9.84 Å². The normalized spacial score (nSPS) is 10.1. The van der Waals surface area contributed by atoms with Crippen LogP contribution in [0.4, 0.5) is 0 Å². The van der Waals surface area contributed by atoms with E-state index >= 15 is 0 Å². The Morgan fingerprint density at radius 1 is 1.56 bits per heavy atom. The number of hydrogen-bond acceptors (Lipinski definition) is 4. The maximum absolute atomic E-state index is 10.9. The number of aromatic amines is 1. The summed E-state index contributed by atoms with van der Waals surface area (Å²) in [6.07, 6.45) is 2.80. The molecule has 0 spiro atoms. The molecule has 0 aliphatic carbocycles. The molecule has 0 aliphatic heterocycles. The van der Waals surface area contributed by atoms with Gasteiger partial charge in [-0.2, -0.15) is 5.10 Å². The van der Waals surface area contributed by atoms with Gasteiger partial charge in [0.05, 0.1) is 13.3 Å². The predicted molar refractivity (Wildman–Crippen MR) is 55.3 cm³/mol. The molecule has 0 unspecified atom stereocenters. The Hall–Kier alpha value is -2.37. The summed E-state index contributed by atoms with van der Waals surface area (Å²) in [5, 5.41) is 15.2. The van der Waals surface area contributed by atoms with Crippen molar-refractivity contribution < 1.29 is 14.6 Å². The van der Waals surface area contributed by atoms with Gasteiger partial charge in [-0.3, -0.25) is 10.1 Å². The second-order valence-electron chi connectivity index (χ2n) is 3.02. The van der Waals surface area contributed by atoms with E-state index in [0.717, 1.165) is 0 Å². The molecule has 0 fully saturated rings. The van der Waals surface area contributed by atoms with Crippen molar-refractivity contribution in [3.8, 4) is 17.1 Å². The Morgan fingerprint density at radius 2 is 2.38 bits per heavy atom. The quantitative estimate of drug-likeness (QED) is 0.809. The summed E-state index contributed by atoms with van der Waals surface area (Å²) >= 11 is 0. The molecule has 2 aromatic rings. The molecule has 82 valence electrons. The second kappa shape index (κ2) is 4.01. The molecule has 6 heteroatoms. The third kappa shape index (κ3) is 1.60. The van der Waals surface area contributed by atoms with Gasteiger partial charge in [-0.15, -0.1) is 0 Å². The van der Waals surface area contributed by atoms with Gasteiger partial charge in [0.1, 0.15) is 22.7 Å². The van der Waals surface area contributed by atoms with Crippen LogP contribution in [0.1, 0.15) is 10.4 Å². The highest BCUT2D eigenvalue weighted by Crippen LogP contribution is 2.27. The Bertz CT molecular complexity index is 522. The van der Waals surface area contributed by atoms with Gasteiger partial charge in [0, 0.05) is 6.20 Å². The van der Waals surface area contributed by atoms with Crippen LogP contribution >= 0.6 is 0 Å². The number of nitrogens with one attached hydrogen (secondary N) is 1. The molecular weight excluding hydrogens is 210 g/mol. The van der Waals surface area contributed by atoms with E-state index in [4.69, 9.17) is 9.84 Å². The van der Waals surface area contributed by atoms with Crippen molar-refractivity contribution in [1.82, 2.24) is 15.2 Å². The zero-order valence-corrected chi connectivity index (χ0v) is 8.47. The number of methoxy groups -OCH3 is 1. The summed E-state index contributed by atoms with van der Waals surface area (Å²) in [7, 11) is 1.50. The van der Waals surface area contributed by atoms with Gasteiger partial charge in [-0.25, -0.2) is 4.79 Å². The van der Waals surface area contributed by atoms with Crippen LogP contribution in [0.15, 0.2) is 24.5 Å². The summed E-state index contributed by atoms with van der Waals surface area (Å²) in [5.41, 5.74) is 0.835. The van der Waals surface area contributed by atoms with E-state index < -0.39 is 5.97 Å². The number of aromatic carboxylic acids is 1. The van der Waals surface area contributed by atoms with Gasteiger partial charge in [0.2, 0.25) is 0 Å². The van der Waals surface area contributed by atoms with E-state index in [1.807, 2.05) is 0 Å². The Balaban J connectivity index is 2.58. The number of H-pyrrole nitrogens is 1. The highest BCUT2D eigenvalue weighted by molar-refractivity contribution is 5.94. The highest BCUT2D eigenvalue weighted by atomic mass is 16.5. The summed E-state index contributed by atoms with van der Waals surface area (Å²) in [6.45, 7) is 0. The number of pyridine rings is 1. The minimum absolute atomic E-state index is 0.0667. The fourth-order valence-electron chi connectivity index (χ4n) is 1.37. The van der Waals surface area contributed by atoms with Gasteiger partial charge in [0.25, 0.3) is 0 Å². The van der Waals surface area contributed by atoms with Crippen LogP contribution in [-0.4, -0.2) is 33.4 Å². The number of hydrogen-bond donors (Lipinski definition) is 2. The Labute approximate surface area is 90.9 Å². The van der Waals surface area contributed by atoms with Crippen LogP contribution in [-0.2, 0) is 0 Å². The average Bonchev–Trinajstić information content (AvgIpc) is 2.77. The molecule has 16 heavy (non-hydrogen) atoms. The number of carboxylic acid groups (broad SMARTS) is 1. The summed E-state index contributed by atoms with van der Waals surface area (Å²) in [6, 6.07) is 3.41. The minimum atomic E-state index is -1.06. The highest BCUT2D eigenvalue weighted by Gasteiger charge is 2.17. The first-order valence-corrected chi connectivity index (χ1v) is 4.50. The molecule has 6 nitrogen and oxygen atoms in total. The molecule has 2 aromatic heterocycles. The smallest absolute Gasteiger partial charge is 0.339 e. The topological polar surface area (TPSA) is 88.1 Å². The van der Waals surface area contributed by atoms with E-state index in [9.17, 15) is 4.79 Å². The van der Waals surface area contributed by atoms with Crippen molar-refractivity contribution in [3.63, 3.8) is 0 Å². The van der Waals surface area contributed by atoms with Crippen LogP contribution in [0.5, 0.6) is 5.75 Å². The van der Waals surface area contributed by atoms with Crippen molar-refractivity contribution in [1.29, 1.82) is 0 Å². The SMILES string of the molecule is COc1cccnc1-c1[nH]ncc1C(=O)O. The Morgan fingerprint density at radius 3 is 3.06 bits per heavy atom. The first-order chi connectivity index (χ1) is 7.74. The minimum Gasteiger partial charge on any atom is -0.494 e. The Kier molecular flexibility index (Phi) is 2.55. The third-order valence-electron chi connectivity index (χ3n) is 2.10. The van der Waals surface area contributed by atoms with Crippen molar-refractivity contribution in [2.75, 3.05) is 7.11 Å². The molecule has 0 saturated carbocycles. The second-order valence-corrected chi connectivity index (χ2v) is 3.02. The van der Waals surface area contributed by atoms with Crippen LogP contribution in [0.3, 0.4) is 0 Å². The van der Waals surface area contributed by atoms with E-state index in [0.29, 0.717) is 17.1 Å². The van der Waals surface area contributed by atoms with Crippen LogP contribution < -0.4 is 4.74 Å². The lowest BCUT2D eigenvalue weighted by molar-refractivity contribution is 0.0698. The molecule has 0 amide bonds. The maximum Gasteiger partial charge on any atom is 0.339 e. The van der Waals surface area contributed by atoms with Gasteiger partial charge in [-0.05, 0) is 12.1 Å².